The number of pyridine rings is 1. The van der Waals surface area contributed by atoms with E-state index in [1.54, 1.807) is 40.9 Å². The Hall–Kier alpha value is -4.20. The number of imidazole rings is 1. The van der Waals surface area contributed by atoms with E-state index in [1.165, 1.54) is 12.3 Å². The number of carbonyl (C=O) groups is 1. The molecule has 0 radical (unpaired) electrons. The van der Waals surface area contributed by atoms with Gasteiger partial charge >= 0.3 is 5.97 Å². The highest BCUT2D eigenvalue weighted by molar-refractivity contribution is 5.74. The van der Waals surface area contributed by atoms with Gasteiger partial charge in [-0.05, 0) is 55.3 Å². The zero-order chi connectivity index (χ0) is 22.0. The molecule has 0 aliphatic carbocycles. The van der Waals surface area contributed by atoms with Crippen molar-refractivity contribution in [3.63, 3.8) is 0 Å². The molecule has 8 heteroatoms. The third-order valence-electron chi connectivity index (χ3n) is 4.77. The third kappa shape index (κ3) is 4.37. The van der Waals surface area contributed by atoms with Gasteiger partial charge in [0.05, 0.1) is 16.8 Å². The highest BCUT2D eigenvalue weighted by atomic mass is 16.6. The van der Waals surface area contributed by atoms with Crippen LogP contribution in [0.2, 0.25) is 0 Å². The number of ether oxygens (including phenoxy) is 2. The Morgan fingerprint density at radius 2 is 1.74 bits per heavy atom. The molecule has 0 N–H and O–H groups in total. The number of nitrogens with zero attached hydrogens (tertiary/aromatic N) is 3. The summed E-state index contributed by atoms with van der Waals surface area (Å²) in [5, 5.41) is 10.9. The van der Waals surface area contributed by atoms with E-state index in [-0.39, 0.29) is 12.3 Å². The van der Waals surface area contributed by atoms with Crippen LogP contribution in [0.1, 0.15) is 11.1 Å². The van der Waals surface area contributed by atoms with E-state index in [4.69, 9.17) is 9.47 Å². The summed E-state index contributed by atoms with van der Waals surface area (Å²) in [5.41, 5.74) is 3.93. The molecule has 0 saturated carbocycles. The molecule has 0 bridgehead atoms. The fourth-order valence-electron chi connectivity index (χ4n) is 3.24. The Morgan fingerprint density at radius 1 is 1.03 bits per heavy atom. The molecular weight excluding hydrogens is 398 g/mol. The van der Waals surface area contributed by atoms with Gasteiger partial charge in [-0.15, -0.1) is 0 Å². The summed E-state index contributed by atoms with van der Waals surface area (Å²) < 4.78 is 12.6. The Morgan fingerprint density at radius 3 is 2.42 bits per heavy atom. The molecule has 0 unspecified atom stereocenters. The number of esters is 1. The van der Waals surface area contributed by atoms with Gasteiger partial charge in [0, 0.05) is 17.8 Å². The Bertz CT molecular complexity index is 1260. The van der Waals surface area contributed by atoms with Crippen molar-refractivity contribution in [3.8, 4) is 22.8 Å². The molecule has 0 aliphatic heterocycles. The molecule has 4 rings (SSSR count). The molecule has 0 fully saturated rings. The Balaban J connectivity index is 1.43. The summed E-state index contributed by atoms with van der Waals surface area (Å²) in [6.45, 7) is 3.65. The molecule has 0 atom stereocenters. The molecule has 4 aromatic rings. The average Bonchev–Trinajstić information content (AvgIpc) is 3.17. The lowest BCUT2D eigenvalue weighted by Crippen LogP contribution is -2.18. The molecule has 0 amide bonds. The molecule has 2 aromatic carbocycles. The molecule has 2 aromatic heterocycles. The number of hydrogen-bond donors (Lipinski definition) is 0. The van der Waals surface area contributed by atoms with Gasteiger partial charge in [0.1, 0.15) is 17.1 Å². The van der Waals surface area contributed by atoms with E-state index in [1.807, 2.05) is 32.0 Å². The zero-order valence-corrected chi connectivity index (χ0v) is 16.9. The fraction of sp³-hybridized carbons (Fsp3) is 0.130. The third-order valence-corrected chi connectivity index (χ3v) is 4.77. The molecular formula is C23H19N3O5. The summed E-state index contributed by atoms with van der Waals surface area (Å²) in [6, 6.07) is 15.6. The van der Waals surface area contributed by atoms with Crippen molar-refractivity contribution in [1.82, 2.24) is 9.38 Å². The second-order valence-corrected chi connectivity index (χ2v) is 7.04. The van der Waals surface area contributed by atoms with Crippen molar-refractivity contribution < 1.29 is 19.2 Å². The zero-order valence-electron chi connectivity index (χ0n) is 16.9. The van der Waals surface area contributed by atoms with E-state index in [0.717, 1.165) is 16.7 Å². The lowest BCUT2D eigenvalue weighted by molar-refractivity contribution is -0.385. The number of para-hydroxylation sites is 1. The summed E-state index contributed by atoms with van der Waals surface area (Å²) in [7, 11) is 0. The van der Waals surface area contributed by atoms with Crippen LogP contribution in [0.15, 0.2) is 67.0 Å². The van der Waals surface area contributed by atoms with Crippen LogP contribution in [-0.4, -0.2) is 26.9 Å². The number of nitro groups is 1. The van der Waals surface area contributed by atoms with Crippen LogP contribution in [0.3, 0.4) is 0 Å². The van der Waals surface area contributed by atoms with Gasteiger partial charge in [-0.3, -0.25) is 14.5 Å². The molecule has 0 saturated heterocycles. The first kappa shape index (κ1) is 20.1. The topological polar surface area (TPSA) is 96.0 Å². The van der Waals surface area contributed by atoms with Crippen LogP contribution in [0.4, 0.5) is 5.69 Å². The van der Waals surface area contributed by atoms with Gasteiger partial charge in [0.15, 0.2) is 6.61 Å². The van der Waals surface area contributed by atoms with Gasteiger partial charge in [0.2, 0.25) is 0 Å². The predicted octanol–water partition coefficient (Wildman–Crippen LogP) is 4.51. The van der Waals surface area contributed by atoms with Gasteiger partial charge in [-0.2, -0.15) is 0 Å². The molecule has 0 spiro atoms. The molecule has 2 heterocycles. The van der Waals surface area contributed by atoms with Gasteiger partial charge in [0.25, 0.3) is 5.69 Å². The summed E-state index contributed by atoms with van der Waals surface area (Å²) in [6.07, 6.45) is 3.12. The Kier molecular flexibility index (Phi) is 5.36. The summed E-state index contributed by atoms with van der Waals surface area (Å²) >= 11 is 0. The van der Waals surface area contributed by atoms with E-state index in [2.05, 4.69) is 4.98 Å². The average molecular weight is 417 g/mol. The SMILES string of the molecule is Cc1cccc(C)c1OCC(=O)Oc1ccc(-c2cn3cc([N+](=O)[O-])ccc3n2)cc1. The second-order valence-electron chi connectivity index (χ2n) is 7.04. The largest absolute Gasteiger partial charge is 0.481 e. The predicted molar refractivity (Wildman–Crippen MR) is 114 cm³/mol. The van der Waals surface area contributed by atoms with E-state index >= 15 is 0 Å². The van der Waals surface area contributed by atoms with Crippen molar-refractivity contribution in [2.45, 2.75) is 13.8 Å². The minimum atomic E-state index is -0.504. The van der Waals surface area contributed by atoms with Gasteiger partial charge in [-0.25, -0.2) is 9.78 Å². The minimum Gasteiger partial charge on any atom is -0.481 e. The number of fused-ring (bicyclic) bond motifs is 1. The quantitative estimate of drug-likeness (QED) is 0.198. The second kappa shape index (κ2) is 8.27. The number of aryl methyl sites for hydroxylation is 2. The minimum absolute atomic E-state index is 0.0122. The lowest BCUT2D eigenvalue weighted by Gasteiger charge is -2.11. The molecule has 0 aliphatic rings. The summed E-state index contributed by atoms with van der Waals surface area (Å²) in [4.78, 5) is 27.1. The lowest BCUT2D eigenvalue weighted by atomic mass is 10.1. The van der Waals surface area contributed by atoms with Crippen molar-refractivity contribution in [3.05, 3.63) is 88.2 Å². The van der Waals surface area contributed by atoms with Crippen molar-refractivity contribution in [2.75, 3.05) is 6.61 Å². The first-order chi connectivity index (χ1) is 14.9. The number of benzene rings is 2. The van der Waals surface area contributed by atoms with Crippen LogP contribution in [0, 0.1) is 24.0 Å². The van der Waals surface area contributed by atoms with Crippen LogP contribution in [-0.2, 0) is 4.79 Å². The highest BCUT2D eigenvalue weighted by Crippen LogP contribution is 2.24. The van der Waals surface area contributed by atoms with Gasteiger partial charge in [-0.1, -0.05) is 18.2 Å². The maximum absolute atomic E-state index is 12.1. The molecule has 31 heavy (non-hydrogen) atoms. The fourth-order valence-corrected chi connectivity index (χ4v) is 3.24. The first-order valence-electron chi connectivity index (χ1n) is 9.54. The molecule has 8 nitrogen and oxygen atoms in total. The molecule has 156 valence electrons. The van der Waals surface area contributed by atoms with Crippen molar-refractivity contribution in [1.29, 1.82) is 0 Å². The smallest absolute Gasteiger partial charge is 0.349 e. The van der Waals surface area contributed by atoms with E-state index in [9.17, 15) is 14.9 Å². The van der Waals surface area contributed by atoms with Crippen LogP contribution >= 0.6 is 0 Å². The van der Waals surface area contributed by atoms with Crippen LogP contribution in [0.25, 0.3) is 16.9 Å². The normalized spacial score (nSPS) is 10.8. The number of rotatable bonds is 6. The van der Waals surface area contributed by atoms with Crippen molar-refractivity contribution in [2.24, 2.45) is 0 Å². The highest BCUT2D eigenvalue weighted by Gasteiger charge is 2.12. The maximum atomic E-state index is 12.1. The maximum Gasteiger partial charge on any atom is 0.349 e. The first-order valence-corrected chi connectivity index (χ1v) is 9.54. The van der Waals surface area contributed by atoms with E-state index < -0.39 is 10.9 Å². The number of aromatic nitrogens is 2. The Labute approximate surface area is 177 Å². The van der Waals surface area contributed by atoms with Crippen LogP contribution in [0.5, 0.6) is 11.5 Å². The van der Waals surface area contributed by atoms with E-state index in [0.29, 0.717) is 22.8 Å². The summed E-state index contributed by atoms with van der Waals surface area (Å²) in [5.74, 6) is 0.565. The van der Waals surface area contributed by atoms with Crippen LogP contribution < -0.4 is 9.47 Å². The monoisotopic (exact) mass is 417 g/mol. The van der Waals surface area contributed by atoms with Crippen molar-refractivity contribution >= 4 is 17.3 Å². The standard InChI is InChI=1S/C23H19N3O5/c1-15-4-3-5-16(2)23(15)30-14-22(27)31-19-9-6-17(7-10-19)20-13-25-12-18(26(28)29)8-11-21(25)24-20/h3-13H,14H2,1-2H3. The number of carbonyl (C=O) groups excluding carboxylic acids is 1. The number of hydrogen-bond acceptors (Lipinski definition) is 6. The van der Waals surface area contributed by atoms with Gasteiger partial charge < -0.3 is 9.47 Å².